The predicted octanol–water partition coefficient (Wildman–Crippen LogP) is 6.95. The fourth-order valence-electron chi connectivity index (χ4n) is 4.68. The predicted molar refractivity (Wildman–Crippen MR) is 176 cm³/mol. The number of allylic oxidation sites excluding steroid dienone is 1. The number of methoxy groups -OCH3 is 1. The van der Waals surface area contributed by atoms with Crippen molar-refractivity contribution in [1.29, 1.82) is 0 Å². The first-order chi connectivity index (χ1) is 21.4. The van der Waals surface area contributed by atoms with Crippen LogP contribution in [0.3, 0.4) is 0 Å². The number of nitrogens with zero attached hydrogens (tertiary/aromatic N) is 2. The van der Waals surface area contributed by atoms with Gasteiger partial charge in [0.15, 0.2) is 22.0 Å². The molecule has 14 heteroatoms. The molecule has 7 nitrogen and oxygen atoms in total. The first kappa shape index (κ1) is 33.2. The molecule has 0 unspecified atom stereocenters. The molecule has 2 heterocycles. The first-order valence-electron chi connectivity index (χ1n) is 13.2. The zero-order valence-corrected chi connectivity index (χ0v) is 28.8. The minimum absolute atomic E-state index is 0.0666. The number of hydrogen-bond acceptors (Lipinski definition) is 7. The molecule has 4 aromatic rings. The molecule has 1 aromatic heterocycles. The Morgan fingerprint density at radius 3 is 2.47 bits per heavy atom. The molecule has 234 valence electrons. The van der Waals surface area contributed by atoms with E-state index in [0.29, 0.717) is 22.1 Å². The van der Waals surface area contributed by atoms with Crippen LogP contribution in [0.2, 0.25) is 5.02 Å². The molecule has 0 bridgehead atoms. The molecule has 0 saturated heterocycles. The third-order valence-corrected chi connectivity index (χ3v) is 9.02. The number of rotatable bonds is 8. The number of hydrogen-bond donors (Lipinski definition) is 0. The van der Waals surface area contributed by atoms with Crippen LogP contribution in [0.5, 0.6) is 11.5 Å². The van der Waals surface area contributed by atoms with Gasteiger partial charge in [-0.1, -0.05) is 63.1 Å². The van der Waals surface area contributed by atoms with Crippen molar-refractivity contribution < 1.29 is 32.2 Å². The van der Waals surface area contributed by atoms with Gasteiger partial charge in [0.25, 0.3) is 5.56 Å². The quantitative estimate of drug-likeness (QED) is 0.142. The van der Waals surface area contributed by atoms with E-state index in [-0.39, 0.29) is 28.1 Å². The zero-order valence-electron chi connectivity index (χ0n) is 23.5. The molecule has 1 aliphatic heterocycles. The van der Waals surface area contributed by atoms with E-state index in [4.69, 9.17) is 25.8 Å². The highest BCUT2D eigenvalue weighted by atomic mass is 127. The van der Waals surface area contributed by atoms with Gasteiger partial charge in [-0.05, 0) is 83.1 Å². The summed E-state index contributed by atoms with van der Waals surface area (Å²) in [6.07, 6.45) is -3.50. The van der Waals surface area contributed by atoms with Gasteiger partial charge in [0.2, 0.25) is 0 Å². The number of aromatic nitrogens is 1. The maximum absolute atomic E-state index is 14.4. The lowest BCUT2D eigenvalue weighted by Crippen LogP contribution is -2.41. The molecule has 0 amide bonds. The monoisotopic (exact) mass is 832 g/mol. The summed E-state index contributed by atoms with van der Waals surface area (Å²) in [4.78, 5) is 30.7. The van der Waals surface area contributed by atoms with E-state index < -0.39 is 35.0 Å². The number of carbonyl (C=O) groups excluding carboxylic acids is 1. The van der Waals surface area contributed by atoms with Gasteiger partial charge in [-0.25, -0.2) is 9.79 Å². The van der Waals surface area contributed by atoms with Crippen LogP contribution in [0.25, 0.3) is 6.08 Å². The van der Waals surface area contributed by atoms with E-state index in [2.05, 4.69) is 43.5 Å². The minimum Gasteiger partial charge on any atom is -0.493 e. The summed E-state index contributed by atoms with van der Waals surface area (Å²) in [7, 11) is 1.48. The number of esters is 1. The number of alkyl halides is 3. The van der Waals surface area contributed by atoms with Crippen LogP contribution in [0.4, 0.5) is 13.2 Å². The maximum Gasteiger partial charge on any atom is 0.434 e. The van der Waals surface area contributed by atoms with Crippen LogP contribution in [0.15, 0.2) is 86.2 Å². The Balaban J connectivity index is 1.72. The van der Waals surface area contributed by atoms with E-state index in [1.54, 1.807) is 12.1 Å². The van der Waals surface area contributed by atoms with Crippen molar-refractivity contribution in [2.75, 3.05) is 13.7 Å². The topological polar surface area (TPSA) is 79.1 Å². The van der Waals surface area contributed by atoms with Crippen LogP contribution in [-0.2, 0) is 16.1 Å². The summed E-state index contributed by atoms with van der Waals surface area (Å²) < 4.78 is 62.8. The van der Waals surface area contributed by atoms with Crippen LogP contribution in [0, 0.1) is 3.57 Å². The third kappa shape index (κ3) is 7.16. The molecule has 1 atom stereocenters. The van der Waals surface area contributed by atoms with Gasteiger partial charge >= 0.3 is 12.1 Å². The summed E-state index contributed by atoms with van der Waals surface area (Å²) in [5.74, 6) is -0.487. The van der Waals surface area contributed by atoms with Crippen molar-refractivity contribution in [2.24, 2.45) is 4.99 Å². The Labute approximate surface area is 285 Å². The van der Waals surface area contributed by atoms with E-state index in [0.717, 1.165) is 29.5 Å². The van der Waals surface area contributed by atoms with Crippen molar-refractivity contribution in [3.63, 3.8) is 0 Å². The standard InChI is InChI=1S/C31H22BrClF3IN2O5S/c1-3-43-29(41)24-25(17-6-10-20(33)11-7-17)39-28(40)23(45-30(39)38-27(24)31(34,35)36)13-18-12-21(37)14-22(42-2)26(18)44-15-16-4-8-19(32)9-5-16/h4-14,25H,3,15H2,1-2H3/b23-13-/t25-/m1/s1. The highest BCUT2D eigenvalue weighted by Crippen LogP contribution is 2.39. The number of fused-ring (bicyclic) bond motifs is 1. The van der Waals surface area contributed by atoms with Crippen molar-refractivity contribution in [3.8, 4) is 11.5 Å². The first-order valence-corrected chi connectivity index (χ1v) is 16.3. The number of halogens is 6. The summed E-state index contributed by atoms with van der Waals surface area (Å²) in [6, 6.07) is 15.4. The second-order valence-electron chi connectivity index (χ2n) is 9.56. The highest BCUT2D eigenvalue weighted by Gasteiger charge is 2.45. The van der Waals surface area contributed by atoms with Crippen molar-refractivity contribution in [1.82, 2.24) is 4.57 Å². The lowest BCUT2D eigenvalue weighted by atomic mass is 9.95. The molecule has 0 saturated carbocycles. The lowest BCUT2D eigenvalue weighted by molar-refractivity contribution is -0.140. The second kappa shape index (κ2) is 13.7. The number of benzene rings is 3. The van der Waals surface area contributed by atoms with E-state index >= 15 is 0 Å². The molecule has 1 aliphatic rings. The smallest absolute Gasteiger partial charge is 0.434 e. The van der Waals surface area contributed by atoms with Gasteiger partial charge < -0.3 is 14.2 Å². The molecule has 0 N–H and O–H groups in total. The highest BCUT2D eigenvalue weighted by molar-refractivity contribution is 14.1. The molecule has 0 radical (unpaired) electrons. The van der Waals surface area contributed by atoms with Crippen LogP contribution < -0.4 is 24.4 Å². The summed E-state index contributed by atoms with van der Waals surface area (Å²) in [6.45, 7) is 1.48. The van der Waals surface area contributed by atoms with Crippen molar-refractivity contribution in [2.45, 2.75) is 25.7 Å². The van der Waals surface area contributed by atoms with E-state index in [9.17, 15) is 22.8 Å². The Hall–Kier alpha value is -3.14. The lowest BCUT2D eigenvalue weighted by Gasteiger charge is -2.26. The van der Waals surface area contributed by atoms with Crippen LogP contribution in [0.1, 0.15) is 29.7 Å². The van der Waals surface area contributed by atoms with Gasteiger partial charge in [0.05, 0.1) is 29.9 Å². The Morgan fingerprint density at radius 1 is 1.16 bits per heavy atom. The van der Waals surface area contributed by atoms with Gasteiger partial charge in [0.1, 0.15) is 6.61 Å². The average molecular weight is 834 g/mol. The van der Waals surface area contributed by atoms with Gasteiger partial charge in [-0.2, -0.15) is 13.2 Å². The Kier molecular flexibility index (Phi) is 10.1. The molecule has 3 aromatic carbocycles. The molecule has 5 rings (SSSR count). The fraction of sp³-hybridized carbons (Fsp3) is 0.194. The number of ether oxygens (including phenoxy) is 3. The molecule has 0 spiro atoms. The summed E-state index contributed by atoms with van der Waals surface area (Å²) >= 11 is 12.3. The zero-order chi connectivity index (χ0) is 32.5. The SMILES string of the molecule is CCOC(=O)C1=C(C(F)(F)F)N=c2s/c(=C\c3cc(I)cc(OC)c3OCc3ccc(Br)cc3)c(=O)n2[C@@H]1c1ccc(Cl)cc1. The van der Waals surface area contributed by atoms with Gasteiger partial charge in [-0.3, -0.25) is 9.36 Å². The Morgan fingerprint density at radius 2 is 1.84 bits per heavy atom. The largest absolute Gasteiger partial charge is 0.493 e. The number of thiazole rings is 1. The molecule has 0 aliphatic carbocycles. The van der Waals surface area contributed by atoms with Crippen molar-refractivity contribution >= 4 is 73.5 Å². The molecular weight excluding hydrogens is 812 g/mol. The van der Waals surface area contributed by atoms with E-state index in [1.165, 1.54) is 44.4 Å². The maximum atomic E-state index is 14.4. The summed E-state index contributed by atoms with van der Waals surface area (Å²) in [5, 5.41) is 0.326. The van der Waals surface area contributed by atoms with Crippen LogP contribution >= 0.6 is 61.5 Å². The van der Waals surface area contributed by atoms with Crippen molar-refractivity contribution in [3.05, 3.63) is 121 Å². The summed E-state index contributed by atoms with van der Waals surface area (Å²) in [5.41, 5.74) is -1.31. The Bertz CT molecular complexity index is 1980. The van der Waals surface area contributed by atoms with E-state index in [1.807, 2.05) is 24.3 Å². The molecule has 0 fully saturated rings. The van der Waals surface area contributed by atoms with Gasteiger partial charge in [0, 0.05) is 18.6 Å². The average Bonchev–Trinajstić information content (AvgIpc) is 3.30. The second-order valence-corrected chi connectivity index (χ2v) is 13.2. The van der Waals surface area contributed by atoms with Crippen LogP contribution in [-0.4, -0.2) is 30.4 Å². The minimum atomic E-state index is -5.02. The fourth-order valence-corrected chi connectivity index (χ4v) is 6.68. The third-order valence-electron chi connectivity index (χ3n) is 6.63. The number of carbonyl (C=O) groups is 1. The molecule has 45 heavy (non-hydrogen) atoms. The molecular formula is C31H22BrClF3IN2O5S. The van der Waals surface area contributed by atoms with Gasteiger partial charge in [-0.15, -0.1) is 0 Å². The normalized spacial score (nSPS) is 15.0.